The molecule has 0 N–H and O–H groups in total. The van der Waals surface area contributed by atoms with Crippen LogP contribution in [0.2, 0.25) is 0 Å². The Morgan fingerprint density at radius 3 is 2.52 bits per heavy atom. The Morgan fingerprint density at radius 1 is 0.966 bits per heavy atom. The predicted octanol–water partition coefficient (Wildman–Crippen LogP) is 6.24. The second kappa shape index (κ2) is 7.39. The van der Waals surface area contributed by atoms with Crippen molar-refractivity contribution in [2.45, 2.75) is 6.92 Å². The molecule has 5 rings (SSSR count). The molecule has 0 saturated carbocycles. The van der Waals surface area contributed by atoms with Crippen LogP contribution in [0.25, 0.3) is 31.7 Å². The molecule has 2 aromatic carbocycles. The molecule has 3 aromatic heterocycles. The van der Waals surface area contributed by atoms with Crippen molar-refractivity contribution < 1.29 is 4.79 Å². The van der Waals surface area contributed by atoms with E-state index in [1.165, 1.54) is 0 Å². The van der Waals surface area contributed by atoms with E-state index in [9.17, 15) is 4.79 Å². The van der Waals surface area contributed by atoms with E-state index < -0.39 is 0 Å². The van der Waals surface area contributed by atoms with E-state index in [1.54, 1.807) is 27.6 Å². The minimum atomic E-state index is -0.0528. The minimum Gasteiger partial charge on any atom is -0.284 e. The Labute approximate surface area is 176 Å². The number of hydrogen-bond donors (Lipinski definition) is 0. The van der Waals surface area contributed by atoms with Gasteiger partial charge >= 0.3 is 0 Å². The molecule has 0 spiro atoms. The Kier molecular flexibility index (Phi) is 4.58. The van der Waals surface area contributed by atoms with Crippen molar-refractivity contribution in [2.24, 2.45) is 0 Å². The van der Waals surface area contributed by atoms with E-state index in [4.69, 9.17) is 9.97 Å². The lowest BCUT2D eigenvalue weighted by molar-refractivity contribution is 0.0990. The van der Waals surface area contributed by atoms with E-state index in [1.807, 2.05) is 79.0 Å². The summed E-state index contributed by atoms with van der Waals surface area (Å²) in [4.78, 5) is 25.9. The van der Waals surface area contributed by atoms with E-state index in [2.05, 4.69) is 0 Å². The number of amides is 1. The molecule has 0 saturated heterocycles. The standard InChI is InChI=1S/C23H17N3OS2/c1-2-26(23-25-18-10-5-6-11-21(18)29-23)22(27)16-14-19(20-12-7-13-28-20)24-17-9-4-3-8-15(16)17/h3-14H,2H2,1H3. The second-order valence-electron chi connectivity index (χ2n) is 6.56. The molecule has 4 nitrogen and oxygen atoms in total. The van der Waals surface area contributed by atoms with Crippen LogP contribution in [0.15, 0.2) is 72.1 Å². The summed E-state index contributed by atoms with van der Waals surface area (Å²) >= 11 is 3.16. The van der Waals surface area contributed by atoms with Gasteiger partial charge in [-0.2, -0.15) is 0 Å². The third-order valence-corrected chi connectivity index (χ3v) is 6.75. The van der Waals surface area contributed by atoms with Crippen LogP contribution in [0.3, 0.4) is 0 Å². The summed E-state index contributed by atoms with van der Waals surface area (Å²) in [7, 11) is 0. The molecule has 1 amide bonds. The van der Waals surface area contributed by atoms with Crippen molar-refractivity contribution in [2.75, 3.05) is 11.4 Å². The topological polar surface area (TPSA) is 46.1 Å². The highest BCUT2D eigenvalue weighted by Crippen LogP contribution is 2.32. The SMILES string of the molecule is CCN(C(=O)c1cc(-c2cccs2)nc2ccccc12)c1nc2ccccc2s1. The average Bonchev–Trinajstić information content (AvgIpc) is 3.43. The zero-order chi connectivity index (χ0) is 19.8. The van der Waals surface area contributed by atoms with E-state index >= 15 is 0 Å². The molecule has 142 valence electrons. The highest BCUT2D eigenvalue weighted by Gasteiger charge is 2.23. The number of anilines is 1. The number of thiophene rings is 1. The molecule has 6 heteroatoms. The maximum Gasteiger partial charge on any atom is 0.260 e. The molecule has 0 aliphatic heterocycles. The first-order valence-electron chi connectivity index (χ1n) is 9.35. The van der Waals surface area contributed by atoms with Gasteiger partial charge in [0, 0.05) is 11.9 Å². The fourth-order valence-electron chi connectivity index (χ4n) is 3.39. The molecule has 0 fully saturated rings. The van der Waals surface area contributed by atoms with Gasteiger partial charge < -0.3 is 0 Å². The van der Waals surface area contributed by atoms with Gasteiger partial charge in [0.1, 0.15) is 0 Å². The Bertz CT molecular complexity index is 1290. The Hall–Kier alpha value is -3.09. The van der Waals surface area contributed by atoms with Gasteiger partial charge in [0.15, 0.2) is 5.13 Å². The number of aromatic nitrogens is 2. The van der Waals surface area contributed by atoms with Gasteiger partial charge in [0.05, 0.1) is 31.9 Å². The molecular weight excluding hydrogens is 398 g/mol. The zero-order valence-electron chi connectivity index (χ0n) is 15.7. The number of thiazole rings is 1. The van der Waals surface area contributed by atoms with E-state index in [0.29, 0.717) is 12.1 Å². The van der Waals surface area contributed by atoms with Crippen molar-refractivity contribution in [1.82, 2.24) is 9.97 Å². The average molecular weight is 416 g/mol. The molecule has 3 heterocycles. The summed E-state index contributed by atoms with van der Waals surface area (Å²) in [5.41, 5.74) is 3.21. The van der Waals surface area contributed by atoms with Gasteiger partial charge in [-0.1, -0.05) is 47.7 Å². The summed E-state index contributed by atoms with van der Waals surface area (Å²) in [6, 6.07) is 21.7. The number of para-hydroxylation sites is 2. The molecule has 0 aliphatic rings. The van der Waals surface area contributed by atoms with Crippen LogP contribution >= 0.6 is 22.7 Å². The van der Waals surface area contributed by atoms with Crippen LogP contribution in [0, 0.1) is 0 Å². The zero-order valence-corrected chi connectivity index (χ0v) is 17.3. The van der Waals surface area contributed by atoms with Gasteiger partial charge in [-0.05, 0) is 42.6 Å². The third-order valence-electron chi connectivity index (χ3n) is 4.80. The number of pyridine rings is 1. The largest absolute Gasteiger partial charge is 0.284 e. The monoisotopic (exact) mass is 415 g/mol. The first kappa shape index (κ1) is 18.0. The molecule has 29 heavy (non-hydrogen) atoms. The lowest BCUT2D eigenvalue weighted by Gasteiger charge is -2.19. The van der Waals surface area contributed by atoms with Crippen LogP contribution in [0.5, 0.6) is 0 Å². The van der Waals surface area contributed by atoms with Crippen LogP contribution < -0.4 is 4.90 Å². The molecule has 0 atom stereocenters. The van der Waals surface area contributed by atoms with Crippen LogP contribution in [-0.4, -0.2) is 22.4 Å². The molecule has 0 radical (unpaired) electrons. The number of rotatable bonds is 4. The smallest absolute Gasteiger partial charge is 0.260 e. The quantitative estimate of drug-likeness (QED) is 0.349. The summed E-state index contributed by atoms with van der Waals surface area (Å²) in [6.45, 7) is 2.52. The fourth-order valence-corrected chi connectivity index (χ4v) is 5.10. The third kappa shape index (κ3) is 3.20. The van der Waals surface area contributed by atoms with Gasteiger partial charge in [0.2, 0.25) is 0 Å². The van der Waals surface area contributed by atoms with Gasteiger partial charge in [-0.3, -0.25) is 9.69 Å². The Morgan fingerprint density at radius 2 is 1.76 bits per heavy atom. The van der Waals surface area contributed by atoms with Crippen LogP contribution in [0.1, 0.15) is 17.3 Å². The lowest BCUT2D eigenvalue weighted by atomic mass is 10.1. The number of hydrogen-bond acceptors (Lipinski definition) is 5. The molecule has 0 bridgehead atoms. The summed E-state index contributed by atoms with van der Waals surface area (Å²) in [5, 5.41) is 3.60. The van der Waals surface area contributed by atoms with Crippen molar-refractivity contribution >= 4 is 54.8 Å². The van der Waals surface area contributed by atoms with Gasteiger partial charge in [-0.25, -0.2) is 9.97 Å². The lowest BCUT2D eigenvalue weighted by Crippen LogP contribution is -2.30. The summed E-state index contributed by atoms with van der Waals surface area (Å²) in [6.07, 6.45) is 0. The molecule has 0 unspecified atom stereocenters. The number of carbonyl (C=O) groups is 1. The molecule has 5 aromatic rings. The normalized spacial score (nSPS) is 11.2. The fraction of sp³-hybridized carbons (Fsp3) is 0.0870. The second-order valence-corrected chi connectivity index (χ2v) is 8.52. The highest BCUT2D eigenvalue weighted by molar-refractivity contribution is 7.22. The number of benzene rings is 2. The first-order valence-corrected chi connectivity index (χ1v) is 11.1. The van der Waals surface area contributed by atoms with Crippen LogP contribution in [0.4, 0.5) is 5.13 Å². The maximum absolute atomic E-state index is 13.7. The van der Waals surface area contributed by atoms with Gasteiger partial charge in [0.25, 0.3) is 5.91 Å². The number of fused-ring (bicyclic) bond motifs is 2. The highest BCUT2D eigenvalue weighted by atomic mass is 32.1. The van der Waals surface area contributed by atoms with E-state index in [0.717, 1.165) is 36.8 Å². The number of carbonyl (C=O) groups excluding carboxylic acids is 1. The first-order chi connectivity index (χ1) is 14.2. The predicted molar refractivity (Wildman–Crippen MR) is 122 cm³/mol. The van der Waals surface area contributed by atoms with Crippen molar-refractivity contribution in [3.05, 3.63) is 77.7 Å². The number of nitrogens with zero attached hydrogens (tertiary/aromatic N) is 3. The van der Waals surface area contributed by atoms with Crippen molar-refractivity contribution in [3.63, 3.8) is 0 Å². The minimum absolute atomic E-state index is 0.0528. The van der Waals surface area contributed by atoms with E-state index in [-0.39, 0.29) is 5.91 Å². The summed E-state index contributed by atoms with van der Waals surface area (Å²) < 4.78 is 1.08. The molecule has 0 aliphatic carbocycles. The maximum atomic E-state index is 13.7. The summed E-state index contributed by atoms with van der Waals surface area (Å²) in [5.74, 6) is -0.0528. The van der Waals surface area contributed by atoms with Gasteiger partial charge in [-0.15, -0.1) is 11.3 Å². The van der Waals surface area contributed by atoms with Crippen molar-refractivity contribution in [1.29, 1.82) is 0 Å². The van der Waals surface area contributed by atoms with Crippen molar-refractivity contribution in [3.8, 4) is 10.6 Å². The Balaban J connectivity index is 1.65. The molecular formula is C23H17N3OS2. The van der Waals surface area contributed by atoms with Crippen LogP contribution in [-0.2, 0) is 0 Å².